The number of hydrogen-bond donors (Lipinski definition) is 2. The highest BCUT2D eigenvalue weighted by Crippen LogP contribution is 2.41. The van der Waals surface area contributed by atoms with Crippen molar-refractivity contribution in [2.75, 3.05) is 7.05 Å². The SMILES string of the molecule is CN[C@@H]1Cc2ccccc2[C@@]1(O)c1ccccc1. The molecule has 2 heteroatoms. The lowest BCUT2D eigenvalue weighted by Crippen LogP contribution is -2.45. The average molecular weight is 239 g/mol. The van der Waals surface area contributed by atoms with Gasteiger partial charge in [-0.15, -0.1) is 0 Å². The Kier molecular flexibility index (Phi) is 2.69. The van der Waals surface area contributed by atoms with Crippen LogP contribution >= 0.6 is 0 Å². The van der Waals surface area contributed by atoms with E-state index in [4.69, 9.17) is 0 Å². The summed E-state index contributed by atoms with van der Waals surface area (Å²) in [7, 11) is 1.91. The van der Waals surface area contributed by atoms with Crippen molar-refractivity contribution in [1.82, 2.24) is 5.32 Å². The first-order chi connectivity index (χ1) is 8.76. The maximum atomic E-state index is 11.2. The van der Waals surface area contributed by atoms with Crippen LogP contribution in [0.5, 0.6) is 0 Å². The van der Waals surface area contributed by atoms with E-state index in [1.165, 1.54) is 5.56 Å². The van der Waals surface area contributed by atoms with Crippen LogP contribution in [0.15, 0.2) is 54.6 Å². The Bertz CT molecular complexity index is 552. The Morgan fingerprint density at radius 2 is 1.72 bits per heavy atom. The normalized spacial score (nSPS) is 26.0. The number of rotatable bonds is 2. The van der Waals surface area contributed by atoms with Gasteiger partial charge in [-0.25, -0.2) is 0 Å². The average Bonchev–Trinajstić information content (AvgIpc) is 2.74. The van der Waals surface area contributed by atoms with Gasteiger partial charge in [0, 0.05) is 6.04 Å². The van der Waals surface area contributed by atoms with E-state index >= 15 is 0 Å². The van der Waals surface area contributed by atoms with Gasteiger partial charge >= 0.3 is 0 Å². The summed E-state index contributed by atoms with van der Waals surface area (Å²) >= 11 is 0. The summed E-state index contributed by atoms with van der Waals surface area (Å²) in [5, 5.41) is 14.5. The molecule has 1 aliphatic rings. The second-order valence-corrected chi connectivity index (χ2v) is 4.83. The summed E-state index contributed by atoms with van der Waals surface area (Å²) in [6.07, 6.45) is 0.859. The molecule has 2 atom stereocenters. The van der Waals surface area contributed by atoms with Crippen LogP contribution in [0.4, 0.5) is 0 Å². The zero-order chi connectivity index (χ0) is 12.6. The number of aliphatic hydroxyl groups is 1. The predicted molar refractivity (Wildman–Crippen MR) is 72.4 cm³/mol. The lowest BCUT2D eigenvalue weighted by molar-refractivity contribution is 0.0529. The molecule has 2 N–H and O–H groups in total. The van der Waals surface area contributed by atoms with E-state index in [1.54, 1.807) is 0 Å². The van der Waals surface area contributed by atoms with E-state index in [-0.39, 0.29) is 6.04 Å². The van der Waals surface area contributed by atoms with Crippen molar-refractivity contribution in [3.05, 3.63) is 71.3 Å². The molecule has 0 spiro atoms. The van der Waals surface area contributed by atoms with Gasteiger partial charge in [-0.3, -0.25) is 0 Å². The zero-order valence-electron chi connectivity index (χ0n) is 10.4. The number of benzene rings is 2. The molecule has 0 radical (unpaired) electrons. The Balaban J connectivity index is 2.19. The number of nitrogens with one attached hydrogen (secondary N) is 1. The molecule has 2 nitrogen and oxygen atoms in total. The highest BCUT2D eigenvalue weighted by molar-refractivity contribution is 5.47. The fourth-order valence-corrected chi connectivity index (χ4v) is 2.99. The van der Waals surface area contributed by atoms with Gasteiger partial charge < -0.3 is 10.4 Å². The molecule has 0 unspecified atom stereocenters. The smallest absolute Gasteiger partial charge is 0.130 e. The number of hydrogen-bond acceptors (Lipinski definition) is 2. The van der Waals surface area contributed by atoms with E-state index in [2.05, 4.69) is 11.4 Å². The fraction of sp³-hybridized carbons (Fsp3) is 0.250. The minimum absolute atomic E-state index is 0.0253. The predicted octanol–water partition coefficient (Wildman–Crippen LogP) is 2.07. The molecular formula is C16H17NO. The highest BCUT2D eigenvalue weighted by atomic mass is 16.3. The lowest BCUT2D eigenvalue weighted by atomic mass is 9.85. The molecule has 0 fully saturated rings. The molecule has 0 saturated heterocycles. The van der Waals surface area contributed by atoms with Crippen molar-refractivity contribution in [2.24, 2.45) is 0 Å². The van der Waals surface area contributed by atoms with Gasteiger partial charge in [-0.05, 0) is 30.2 Å². The van der Waals surface area contributed by atoms with E-state index in [1.807, 2.05) is 55.6 Å². The van der Waals surface area contributed by atoms with Crippen LogP contribution in [-0.4, -0.2) is 18.2 Å². The minimum atomic E-state index is -0.924. The fourth-order valence-electron chi connectivity index (χ4n) is 2.99. The van der Waals surface area contributed by atoms with E-state index in [9.17, 15) is 5.11 Å². The maximum absolute atomic E-state index is 11.2. The van der Waals surface area contributed by atoms with Crippen molar-refractivity contribution in [3.8, 4) is 0 Å². The monoisotopic (exact) mass is 239 g/mol. The number of likely N-dealkylation sites (N-methyl/N-ethyl adjacent to an activating group) is 1. The highest BCUT2D eigenvalue weighted by Gasteiger charge is 2.45. The largest absolute Gasteiger partial charge is 0.379 e. The third-order valence-electron chi connectivity index (χ3n) is 3.92. The molecule has 0 amide bonds. The van der Waals surface area contributed by atoms with Crippen molar-refractivity contribution >= 4 is 0 Å². The van der Waals surface area contributed by atoms with Crippen LogP contribution in [0.1, 0.15) is 16.7 Å². The molecule has 0 bridgehead atoms. The first-order valence-corrected chi connectivity index (χ1v) is 6.30. The Labute approximate surface area is 107 Å². The molecule has 3 rings (SSSR count). The van der Waals surface area contributed by atoms with Gasteiger partial charge in [0.1, 0.15) is 5.60 Å². The maximum Gasteiger partial charge on any atom is 0.130 e. The van der Waals surface area contributed by atoms with Crippen LogP contribution in [0.2, 0.25) is 0 Å². The van der Waals surface area contributed by atoms with Crippen LogP contribution < -0.4 is 5.32 Å². The molecule has 0 aliphatic heterocycles. The quantitative estimate of drug-likeness (QED) is 0.841. The van der Waals surface area contributed by atoms with Crippen LogP contribution in [0.3, 0.4) is 0 Å². The van der Waals surface area contributed by atoms with Crippen molar-refractivity contribution in [1.29, 1.82) is 0 Å². The third-order valence-corrected chi connectivity index (χ3v) is 3.92. The zero-order valence-corrected chi connectivity index (χ0v) is 10.4. The molecule has 1 aliphatic carbocycles. The Morgan fingerprint density at radius 1 is 1.06 bits per heavy atom. The Morgan fingerprint density at radius 3 is 2.44 bits per heavy atom. The summed E-state index contributed by atoms with van der Waals surface area (Å²) < 4.78 is 0. The van der Waals surface area contributed by atoms with E-state index in [0.29, 0.717) is 0 Å². The van der Waals surface area contributed by atoms with Gasteiger partial charge in [0.15, 0.2) is 0 Å². The second kappa shape index (κ2) is 4.23. The Hall–Kier alpha value is -1.64. The summed E-state index contributed by atoms with van der Waals surface area (Å²) in [6, 6.07) is 18.1. The molecule has 0 saturated carbocycles. The van der Waals surface area contributed by atoms with Crippen LogP contribution in [0, 0.1) is 0 Å². The molecule has 2 aromatic carbocycles. The van der Waals surface area contributed by atoms with Crippen molar-refractivity contribution in [2.45, 2.75) is 18.1 Å². The van der Waals surface area contributed by atoms with Crippen LogP contribution in [0.25, 0.3) is 0 Å². The van der Waals surface area contributed by atoms with Crippen molar-refractivity contribution < 1.29 is 5.11 Å². The van der Waals surface area contributed by atoms with E-state index < -0.39 is 5.60 Å². The van der Waals surface area contributed by atoms with Gasteiger partial charge in [-0.2, -0.15) is 0 Å². The van der Waals surface area contributed by atoms with Gasteiger partial charge in [0.25, 0.3) is 0 Å². The standard InChI is InChI=1S/C16H17NO/c1-17-15-11-12-7-5-6-10-14(12)16(15,18)13-8-3-2-4-9-13/h2-10,15,17-18H,11H2,1H3/t15-,16+/m1/s1. The summed E-state index contributed by atoms with van der Waals surface area (Å²) in [4.78, 5) is 0. The molecule has 2 aromatic rings. The van der Waals surface area contributed by atoms with Gasteiger partial charge in [0.05, 0.1) is 0 Å². The lowest BCUT2D eigenvalue weighted by Gasteiger charge is -2.31. The number of fused-ring (bicyclic) bond motifs is 1. The molecule has 0 aromatic heterocycles. The second-order valence-electron chi connectivity index (χ2n) is 4.83. The minimum Gasteiger partial charge on any atom is -0.379 e. The van der Waals surface area contributed by atoms with Crippen molar-refractivity contribution in [3.63, 3.8) is 0 Å². The summed E-state index contributed by atoms with van der Waals surface area (Å²) in [5.74, 6) is 0. The van der Waals surface area contributed by atoms with Gasteiger partial charge in [0.2, 0.25) is 0 Å². The topological polar surface area (TPSA) is 32.3 Å². The third kappa shape index (κ3) is 1.50. The van der Waals surface area contributed by atoms with E-state index in [0.717, 1.165) is 17.5 Å². The molecule has 92 valence electrons. The first kappa shape index (κ1) is 11.5. The molecule has 0 heterocycles. The van der Waals surface area contributed by atoms with Gasteiger partial charge in [-0.1, -0.05) is 54.6 Å². The van der Waals surface area contributed by atoms with Crippen LogP contribution in [-0.2, 0) is 12.0 Å². The first-order valence-electron chi connectivity index (χ1n) is 6.30. The molecule has 18 heavy (non-hydrogen) atoms. The molecular weight excluding hydrogens is 222 g/mol. The summed E-state index contributed by atoms with van der Waals surface area (Å²) in [5.41, 5.74) is 2.28. The summed E-state index contributed by atoms with van der Waals surface area (Å²) in [6.45, 7) is 0.